The molecule has 1 N–H and O–H groups in total. The van der Waals surface area contributed by atoms with Crippen LogP contribution in [-0.4, -0.2) is 25.0 Å². The van der Waals surface area contributed by atoms with Crippen LogP contribution in [0.4, 0.5) is 0 Å². The highest BCUT2D eigenvalue weighted by molar-refractivity contribution is 5.94. The lowest BCUT2D eigenvalue weighted by Gasteiger charge is -2.28. The molecule has 0 saturated carbocycles. The van der Waals surface area contributed by atoms with Crippen molar-refractivity contribution in [1.82, 2.24) is 24.4 Å². The Morgan fingerprint density at radius 1 is 1.06 bits per heavy atom. The number of pyridine rings is 2. The molecule has 0 radical (unpaired) electrons. The highest BCUT2D eigenvalue weighted by Crippen LogP contribution is 2.30. The average molecular weight is 472 g/mol. The van der Waals surface area contributed by atoms with E-state index in [0.29, 0.717) is 17.8 Å². The van der Waals surface area contributed by atoms with Gasteiger partial charge >= 0.3 is 5.69 Å². The molecule has 0 spiro atoms. The molecule has 0 fully saturated rings. The summed E-state index contributed by atoms with van der Waals surface area (Å²) in [6.07, 6.45) is 3.20. The highest BCUT2D eigenvalue weighted by Gasteiger charge is 2.25. The maximum absolute atomic E-state index is 12.9. The van der Waals surface area contributed by atoms with Gasteiger partial charge in [0, 0.05) is 31.5 Å². The summed E-state index contributed by atoms with van der Waals surface area (Å²) in [4.78, 5) is 34.6. The smallest absolute Gasteiger partial charge is 0.330 e. The zero-order valence-electron chi connectivity index (χ0n) is 21.5. The monoisotopic (exact) mass is 471 g/mol. The molecule has 4 rings (SSSR count). The third kappa shape index (κ3) is 4.90. The van der Waals surface area contributed by atoms with Crippen molar-refractivity contribution in [3.05, 3.63) is 82.0 Å². The number of benzene rings is 1. The van der Waals surface area contributed by atoms with Crippen LogP contribution in [0.5, 0.6) is 0 Å². The van der Waals surface area contributed by atoms with Gasteiger partial charge in [-0.25, -0.2) is 9.78 Å². The minimum absolute atomic E-state index is 0.0342. The van der Waals surface area contributed by atoms with Gasteiger partial charge in [-0.2, -0.15) is 0 Å². The van der Waals surface area contributed by atoms with Gasteiger partial charge < -0.3 is 5.32 Å². The second-order valence-corrected chi connectivity index (χ2v) is 10.9. The summed E-state index contributed by atoms with van der Waals surface area (Å²) in [5.41, 5.74) is 5.05. The molecule has 3 aromatic heterocycles. The summed E-state index contributed by atoms with van der Waals surface area (Å²) in [6, 6.07) is 13.6. The van der Waals surface area contributed by atoms with Gasteiger partial charge in [0.15, 0.2) is 5.65 Å². The Balaban J connectivity index is 1.73. The summed E-state index contributed by atoms with van der Waals surface area (Å²) < 4.78 is 3.41. The molecule has 0 aliphatic heterocycles. The van der Waals surface area contributed by atoms with Gasteiger partial charge in [-0.05, 0) is 67.6 Å². The lowest BCUT2D eigenvalue weighted by atomic mass is 9.90. The van der Waals surface area contributed by atoms with Crippen LogP contribution in [0.15, 0.2) is 59.7 Å². The van der Waals surface area contributed by atoms with E-state index in [1.54, 1.807) is 40.7 Å². The number of amides is 1. The maximum Gasteiger partial charge on any atom is 0.330 e. The predicted molar refractivity (Wildman–Crippen MR) is 139 cm³/mol. The number of imidazole rings is 1. The quantitative estimate of drug-likeness (QED) is 0.453. The van der Waals surface area contributed by atoms with E-state index in [1.807, 2.05) is 45.0 Å². The topological polar surface area (TPSA) is 81.8 Å². The lowest BCUT2D eigenvalue weighted by Crippen LogP contribution is -2.41. The van der Waals surface area contributed by atoms with E-state index in [9.17, 15) is 9.59 Å². The fraction of sp³-hybridized carbons (Fsp3) is 0.357. The van der Waals surface area contributed by atoms with E-state index in [2.05, 4.69) is 37.1 Å². The van der Waals surface area contributed by atoms with Gasteiger partial charge in [0.05, 0.1) is 22.3 Å². The van der Waals surface area contributed by atoms with Crippen LogP contribution in [-0.2, 0) is 19.1 Å². The molecule has 7 heteroatoms. The number of nitrogens with one attached hydrogen (secondary N) is 1. The number of nitrogens with zero attached hydrogens (tertiary/aromatic N) is 4. The SMILES string of the molecule is Cc1ccc(C(C)(C)NC(=O)c2cccnc2)cc1-c1ccc2c(n1)n(C)c(=O)n2CC(C)(C)C. The first-order chi connectivity index (χ1) is 16.4. The van der Waals surface area contributed by atoms with Crippen LogP contribution >= 0.6 is 0 Å². The first-order valence-corrected chi connectivity index (χ1v) is 11.8. The largest absolute Gasteiger partial charge is 0.343 e. The number of fused-ring (bicyclic) bond motifs is 1. The third-order valence-electron chi connectivity index (χ3n) is 6.20. The third-order valence-corrected chi connectivity index (χ3v) is 6.20. The van der Waals surface area contributed by atoms with E-state index in [1.165, 1.54) is 0 Å². The molecule has 4 aromatic rings. The number of rotatable bonds is 5. The number of hydrogen-bond acceptors (Lipinski definition) is 4. The highest BCUT2D eigenvalue weighted by atomic mass is 16.2. The normalized spacial score (nSPS) is 12.2. The molecule has 0 atom stereocenters. The molecular formula is C28H33N5O2. The van der Waals surface area contributed by atoms with Crippen molar-refractivity contribution in [3.8, 4) is 11.3 Å². The predicted octanol–water partition coefficient (Wildman–Crippen LogP) is 4.82. The molecular weight excluding hydrogens is 438 g/mol. The van der Waals surface area contributed by atoms with Crippen molar-refractivity contribution >= 4 is 17.1 Å². The van der Waals surface area contributed by atoms with Crippen molar-refractivity contribution in [1.29, 1.82) is 0 Å². The Morgan fingerprint density at radius 2 is 1.80 bits per heavy atom. The second kappa shape index (κ2) is 8.80. The first kappa shape index (κ1) is 24.4. The van der Waals surface area contributed by atoms with Gasteiger partial charge in [-0.15, -0.1) is 0 Å². The summed E-state index contributed by atoms with van der Waals surface area (Å²) >= 11 is 0. The summed E-state index contributed by atoms with van der Waals surface area (Å²) in [6.45, 7) is 12.9. The van der Waals surface area contributed by atoms with Gasteiger partial charge in [-0.3, -0.25) is 18.9 Å². The minimum atomic E-state index is -0.623. The Kier molecular flexibility index (Phi) is 6.13. The van der Waals surface area contributed by atoms with Crippen molar-refractivity contribution < 1.29 is 4.79 Å². The molecule has 1 amide bonds. The van der Waals surface area contributed by atoms with Gasteiger partial charge in [0.2, 0.25) is 0 Å². The maximum atomic E-state index is 12.9. The molecule has 0 saturated heterocycles. The molecule has 35 heavy (non-hydrogen) atoms. The molecule has 0 unspecified atom stereocenters. The second-order valence-electron chi connectivity index (χ2n) is 10.9. The summed E-state index contributed by atoms with van der Waals surface area (Å²) in [7, 11) is 1.76. The molecule has 0 aliphatic carbocycles. The lowest BCUT2D eigenvalue weighted by molar-refractivity contribution is 0.0911. The Hall–Kier alpha value is -3.74. The molecule has 1 aromatic carbocycles. The van der Waals surface area contributed by atoms with Crippen LogP contribution in [0.3, 0.4) is 0 Å². The molecule has 0 bridgehead atoms. The van der Waals surface area contributed by atoms with E-state index < -0.39 is 5.54 Å². The van der Waals surface area contributed by atoms with Crippen LogP contribution in [0, 0.1) is 12.3 Å². The zero-order valence-corrected chi connectivity index (χ0v) is 21.5. The number of hydrogen-bond donors (Lipinski definition) is 1. The fourth-order valence-corrected chi connectivity index (χ4v) is 4.26. The number of carbonyl (C=O) groups is 1. The van der Waals surface area contributed by atoms with Gasteiger partial charge in [0.1, 0.15) is 0 Å². The molecule has 3 heterocycles. The number of carbonyl (C=O) groups excluding carboxylic acids is 1. The standard InChI is InChI=1S/C28H33N5O2/c1-18-10-11-20(28(5,6)31-25(34)19-9-8-14-29-16-19)15-21(18)22-12-13-23-24(30-22)32(7)26(35)33(23)17-27(2,3)4/h8-16H,17H2,1-7H3,(H,31,34). The number of aryl methyl sites for hydroxylation is 2. The Labute approximate surface area is 205 Å². The Morgan fingerprint density at radius 3 is 2.46 bits per heavy atom. The van der Waals surface area contributed by atoms with Gasteiger partial charge in [-0.1, -0.05) is 32.9 Å². The Bertz CT molecular complexity index is 1460. The van der Waals surface area contributed by atoms with Crippen LogP contribution in [0.1, 0.15) is 56.1 Å². The number of aromatic nitrogens is 4. The average Bonchev–Trinajstić information content (AvgIpc) is 3.02. The van der Waals surface area contributed by atoms with Crippen LogP contribution < -0.4 is 11.0 Å². The van der Waals surface area contributed by atoms with Gasteiger partial charge in [0.25, 0.3) is 5.91 Å². The van der Waals surface area contributed by atoms with E-state index >= 15 is 0 Å². The fourth-order valence-electron chi connectivity index (χ4n) is 4.26. The van der Waals surface area contributed by atoms with Crippen molar-refractivity contribution in [2.24, 2.45) is 12.5 Å². The minimum Gasteiger partial charge on any atom is -0.343 e. The summed E-state index contributed by atoms with van der Waals surface area (Å²) in [5, 5.41) is 3.11. The summed E-state index contributed by atoms with van der Waals surface area (Å²) in [5.74, 6) is -0.181. The molecule has 7 nitrogen and oxygen atoms in total. The van der Waals surface area contributed by atoms with E-state index in [4.69, 9.17) is 4.98 Å². The van der Waals surface area contributed by atoms with E-state index in [0.717, 1.165) is 27.9 Å². The first-order valence-electron chi connectivity index (χ1n) is 11.8. The zero-order chi connectivity index (χ0) is 25.5. The molecule has 0 aliphatic rings. The van der Waals surface area contributed by atoms with Crippen molar-refractivity contribution in [2.45, 2.75) is 53.6 Å². The van der Waals surface area contributed by atoms with Crippen LogP contribution in [0.25, 0.3) is 22.4 Å². The van der Waals surface area contributed by atoms with Crippen molar-refractivity contribution in [2.75, 3.05) is 0 Å². The molecule has 182 valence electrons. The van der Waals surface area contributed by atoms with Crippen molar-refractivity contribution in [3.63, 3.8) is 0 Å². The van der Waals surface area contributed by atoms with E-state index in [-0.39, 0.29) is 17.0 Å². The van der Waals surface area contributed by atoms with Crippen LogP contribution in [0.2, 0.25) is 0 Å².